The number of carbonyl (C=O) groups excluding carboxylic acids is 2. The highest BCUT2D eigenvalue weighted by atomic mass is 19.4. The molecule has 0 aliphatic carbocycles. The fourth-order valence-corrected chi connectivity index (χ4v) is 3.64. The summed E-state index contributed by atoms with van der Waals surface area (Å²) >= 11 is 0. The molecule has 0 atom stereocenters. The van der Waals surface area contributed by atoms with Crippen molar-refractivity contribution in [1.29, 1.82) is 0 Å². The van der Waals surface area contributed by atoms with E-state index in [0.29, 0.717) is 38.7 Å². The van der Waals surface area contributed by atoms with E-state index in [1.54, 1.807) is 24.3 Å². The first-order chi connectivity index (χ1) is 13.8. The van der Waals surface area contributed by atoms with Crippen molar-refractivity contribution in [3.63, 3.8) is 0 Å². The summed E-state index contributed by atoms with van der Waals surface area (Å²) in [6, 6.07) is 6.41. The molecule has 2 aromatic carbocycles. The first kappa shape index (κ1) is 19.0. The average Bonchev–Trinajstić information content (AvgIpc) is 3.26. The molecule has 3 aromatic rings. The normalized spacial score (nSPS) is 13.1. The van der Waals surface area contributed by atoms with Gasteiger partial charge >= 0.3 is 12.1 Å². The Morgan fingerprint density at radius 3 is 2.69 bits per heavy atom. The van der Waals surface area contributed by atoms with E-state index in [9.17, 15) is 22.8 Å². The van der Waals surface area contributed by atoms with Gasteiger partial charge < -0.3 is 10.1 Å². The molecule has 9 heteroatoms. The molecule has 6 nitrogen and oxygen atoms in total. The Balaban J connectivity index is 2.06. The Bertz CT molecular complexity index is 1170. The maximum atomic E-state index is 13.9. The number of amides is 1. The first-order valence-electron chi connectivity index (χ1n) is 9.00. The number of aromatic nitrogens is 2. The van der Waals surface area contributed by atoms with Crippen molar-refractivity contribution in [3.05, 3.63) is 52.8 Å². The van der Waals surface area contributed by atoms with Crippen LogP contribution in [0.4, 0.5) is 18.9 Å². The third kappa shape index (κ3) is 2.84. The van der Waals surface area contributed by atoms with E-state index in [0.717, 1.165) is 6.20 Å². The Morgan fingerprint density at radius 1 is 1.28 bits per heavy atom. The van der Waals surface area contributed by atoms with Gasteiger partial charge in [0.2, 0.25) is 0 Å². The lowest BCUT2D eigenvalue weighted by atomic mass is 9.99. The second kappa shape index (κ2) is 6.61. The van der Waals surface area contributed by atoms with Crippen molar-refractivity contribution in [3.8, 4) is 5.69 Å². The number of aryl methyl sites for hydroxylation is 1. The molecular formula is C20H16F3N3O3. The summed E-state index contributed by atoms with van der Waals surface area (Å²) in [6.45, 7) is 3.29. The van der Waals surface area contributed by atoms with Crippen LogP contribution in [0.3, 0.4) is 0 Å². The molecule has 1 aliphatic heterocycles. The molecule has 0 unspecified atom stereocenters. The third-order valence-electron chi connectivity index (χ3n) is 4.85. The van der Waals surface area contributed by atoms with Crippen LogP contribution in [0.15, 0.2) is 30.5 Å². The number of esters is 1. The number of anilines is 1. The molecule has 4 rings (SSSR count). The van der Waals surface area contributed by atoms with Crippen molar-refractivity contribution >= 4 is 28.3 Å². The number of alkyl halides is 3. The number of nitrogens with one attached hydrogen (secondary N) is 1. The van der Waals surface area contributed by atoms with Gasteiger partial charge in [-0.15, -0.1) is 0 Å². The lowest BCUT2D eigenvalue weighted by molar-refractivity contribution is -0.143. The molecular weight excluding hydrogens is 387 g/mol. The topological polar surface area (TPSA) is 73.2 Å². The summed E-state index contributed by atoms with van der Waals surface area (Å²) in [5.74, 6) is -1.40. The molecule has 2 heterocycles. The minimum Gasteiger partial charge on any atom is -0.462 e. The van der Waals surface area contributed by atoms with Gasteiger partial charge in [0.1, 0.15) is 5.56 Å². The average molecular weight is 403 g/mol. The van der Waals surface area contributed by atoms with Crippen LogP contribution in [0.5, 0.6) is 0 Å². The smallest absolute Gasteiger partial charge is 0.434 e. The molecule has 0 saturated carbocycles. The van der Waals surface area contributed by atoms with Gasteiger partial charge in [-0.1, -0.05) is 19.1 Å². The van der Waals surface area contributed by atoms with Crippen molar-refractivity contribution < 1.29 is 27.5 Å². The van der Waals surface area contributed by atoms with Gasteiger partial charge in [0.15, 0.2) is 5.69 Å². The number of ether oxygens (including phenoxy) is 1. The van der Waals surface area contributed by atoms with Gasteiger partial charge in [-0.25, -0.2) is 9.48 Å². The molecule has 0 bridgehead atoms. The number of carbonyl (C=O) groups is 2. The predicted molar refractivity (Wildman–Crippen MR) is 99.4 cm³/mol. The highest BCUT2D eigenvalue weighted by Crippen LogP contribution is 2.41. The van der Waals surface area contributed by atoms with Crippen molar-refractivity contribution in [2.75, 3.05) is 11.9 Å². The van der Waals surface area contributed by atoms with Gasteiger partial charge in [0.05, 0.1) is 24.2 Å². The monoisotopic (exact) mass is 403 g/mol. The maximum absolute atomic E-state index is 13.9. The number of hydrogen-bond acceptors (Lipinski definition) is 4. The lowest BCUT2D eigenvalue weighted by Gasteiger charge is -2.16. The van der Waals surface area contributed by atoms with E-state index >= 15 is 0 Å². The van der Waals surface area contributed by atoms with Gasteiger partial charge in [0.25, 0.3) is 5.91 Å². The summed E-state index contributed by atoms with van der Waals surface area (Å²) in [6.07, 6.45) is -3.50. The molecule has 0 spiro atoms. The second-order valence-electron chi connectivity index (χ2n) is 6.50. The highest BCUT2D eigenvalue weighted by molar-refractivity contribution is 6.25. The minimum atomic E-state index is -4.85. The van der Waals surface area contributed by atoms with Crippen LogP contribution in [-0.4, -0.2) is 28.3 Å². The summed E-state index contributed by atoms with van der Waals surface area (Å²) in [4.78, 5) is 24.4. The van der Waals surface area contributed by atoms with E-state index in [2.05, 4.69) is 10.4 Å². The molecule has 0 fully saturated rings. The van der Waals surface area contributed by atoms with E-state index < -0.39 is 23.4 Å². The quantitative estimate of drug-likeness (QED) is 0.658. The molecule has 1 amide bonds. The van der Waals surface area contributed by atoms with E-state index in [-0.39, 0.29) is 18.2 Å². The zero-order valence-corrected chi connectivity index (χ0v) is 15.6. The van der Waals surface area contributed by atoms with Crippen LogP contribution >= 0.6 is 0 Å². The minimum absolute atomic E-state index is 0.0595. The third-order valence-corrected chi connectivity index (χ3v) is 4.85. The molecule has 1 aliphatic rings. The van der Waals surface area contributed by atoms with Crippen LogP contribution < -0.4 is 5.32 Å². The van der Waals surface area contributed by atoms with Gasteiger partial charge in [-0.2, -0.15) is 18.3 Å². The molecule has 150 valence electrons. The lowest BCUT2D eigenvalue weighted by Crippen LogP contribution is -2.18. The Hall–Kier alpha value is -3.36. The van der Waals surface area contributed by atoms with Crippen LogP contribution in [0.25, 0.3) is 16.5 Å². The maximum Gasteiger partial charge on any atom is 0.434 e. The standard InChI is InChI=1S/C20H16F3N3O3/c1-3-10-8-14(11-6-5-7-12-15(11)16(10)25-18(12)27)26-17(20(21,22)23)13(9-24-26)19(28)29-4-2/h5-9H,3-4H2,1-2H3,(H,25,27). The number of hydrogen-bond donors (Lipinski definition) is 1. The molecule has 0 saturated heterocycles. The first-order valence-corrected chi connectivity index (χ1v) is 9.00. The Kier molecular flexibility index (Phi) is 4.33. The summed E-state index contributed by atoms with van der Waals surface area (Å²) < 4.78 is 47.2. The van der Waals surface area contributed by atoms with Crippen molar-refractivity contribution in [2.45, 2.75) is 26.4 Å². The van der Waals surface area contributed by atoms with Gasteiger partial charge in [-0.3, -0.25) is 4.79 Å². The molecule has 1 aromatic heterocycles. The largest absolute Gasteiger partial charge is 0.462 e. The van der Waals surface area contributed by atoms with Crippen molar-refractivity contribution in [2.24, 2.45) is 0 Å². The molecule has 29 heavy (non-hydrogen) atoms. The fourth-order valence-electron chi connectivity index (χ4n) is 3.64. The predicted octanol–water partition coefficient (Wildman–Crippen LogP) is 4.35. The zero-order chi connectivity index (χ0) is 20.9. The summed E-state index contributed by atoms with van der Waals surface area (Å²) in [7, 11) is 0. The van der Waals surface area contributed by atoms with Crippen LogP contribution in [0, 0.1) is 0 Å². The Labute approximate surface area is 163 Å². The number of halogens is 3. The van der Waals surface area contributed by atoms with Crippen LogP contribution in [0.2, 0.25) is 0 Å². The summed E-state index contributed by atoms with van der Waals surface area (Å²) in [5.41, 5.74) is -0.0710. The number of benzene rings is 2. The number of nitrogens with zero attached hydrogens (tertiary/aromatic N) is 2. The van der Waals surface area contributed by atoms with Gasteiger partial charge in [-0.05, 0) is 31.0 Å². The molecule has 1 N–H and O–H groups in total. The van der Waals surface area contributed by atoms with Gasteiger partial charge in [0, 0.05) is 16.3 Å². The van der Waals surface area contributed by atoms with Crippen LogP contribution in [0.1, 0.15) is 45.8 Å². The summed E-state index contributed by atoms with van der Waals surface area (Å²) in [5, 5.41) is 7.64. The van der Waals surface area contributed by atoms with E-state index in [1.807, 2.05) is 6.92 Å². The van der Waals surface area contributed by atoms with Crippen molar-refractivity contribution in [1.82, 2.24) is 9.78 Å². The highest BCUT2D eigenvalue weighted by Gasteiger charge is 2.41. The zero-order valence-electron chi connectivity index (χ0n) is 15.6. The fraction of sp³-hybridized carbons (Fsp3) is 0.250. The van der Waals surface area contributed by atoms with Crippen LogP contribution in [-0.2, 0) is 17.3 Å². The van der Waals surface area contributed by atoms with E-state index in [1.165, 1.54) is 6.92 Å². The SMILES string of the molecule is CCOC(=O)c1cnn(-c2cc(CC)c3c4c(cccc24)C(=O)N3)c1C(F)(F)F. The number of rotatable bonds is 4. The molecule has 0 radical (unpaired) electrons. The van der Waals surface area contributed by atoms with E-state index in [4.69, 9.17) is 4.74 Å². The second-order valence-corrected chi connectivity index (χ2v) is 6.50. The Morgan fingerprint density at radius 2 is 2.03 bits per heavy atom.